The highest BCUT2D eigenvalue weighted by atomic mass is 32.2. The number of nitrogens with zero attached hydrogens (tertiary/aromatic N) is 1. The van der Waals surface area contributed by atoms with Gasteiger partial charge in [0.1, 0.15) is 0 Å². The Morgan fingerprint density at radius 3 is 2.43 bits per heavy atom. The summed E-state index contributed by atoms with van der Waals surface area (Å²) in [4.78, 5) is 0. The van der Waals surface area contributed by atoms with Crippen LogP contribution in [0, 0.1) is 23.2 Å². The Labute approximate surface area is 84.5 Å². The van der Waals surface area contributed by atoms with Crippen molar-refractivity contribution in [3.63, 3.8) is 0 Å². The first-order valence-electron chi connectivity index (χ1n) is 4.59. The minimum atomic E-state index is -3.38. The van der Waals surface area contributed by atoms with E-state index in [1.54, 1.807) is 6.92 Å². The fourth-order valence-electron chi connectivity index (χ4n) is 2.30. The minimum Gasteiger partial charge on any atom is -0.396 e. The van der Waals surface area contributed by atoms with E-state index >= 15 is 0 Å². The Balaban J connectivity index is 3.11. The zero-order valence-corrected chi connectivity index (χ0v) is 9.21. The summed E-state index contributed by atoms with van der Waals surface area (Å²) in [7, 11) is -3.38. The predicted molar refractivity (Wildman–Crippen MR) is 52.2 cm³/mol. The lowest BCUT2D eigenvalue weighted by molar-refractivity contribution is 0.226. The van der Waals surface area contributed by atoms with Gasteiger partial charge in [-0.15, -0.1) is 0 Å². The van der Waals surface area contributed by atoms with Crippen LogP contribution in [0.1, 0.15) is 19.8 Å². The molecule has 0 heterocycles. The number of rotatable bonds is 2. The molecule has 80 valence electrons. The third-order valence-electron chi connectivity index (χ3n) is 3.18. The average Bonchev–Trinajstić information content (AvgIpc) is 2.42. The van der Waals surface area contributed by atoms with E-state index in [0.29, 0.717) is 6.42 Å². The SMILES string of the molecule is C[C@@H]1C[C@H](CO)C[C@]1(C#N)S(C)(=O)=O. The van der Waals surface area contributed by atoms with Crippen molar-refractivity contribution in [3.8, 4) is 6.07 Å². The molecule has 0 saturated heterocycles. The quantitative estimate of drug-likeness (QED) is 0.723. The highest BCUT2D eigenvalue weighted by Gasteiger charge is 2.52. The van der Waals surface area contributed by atoms with Crippen LogP contribution < -0.4 is 0 Å². The van der Waals surface area contributed by atoms with Gasteiger partial charge in [0.2, 0.25) is 0 Å². The zero-order valence-electron chi connectivity index (χ0n) is 8.40. The lowest BCUT2D eigenvalue weighted by Crippen LogP contribution is -2.39. The van der Waals surface area contributed by atoms with Crippen molar-refractivity contribution >= 4 is 9.84 Å². The second-order valence-electron chi connectivity index (χ2n) is 4.16. The fourth-order valence-corrected chi connectivity index (χ4v) is 3.83. The van der Waals surface area contributed by atoms with Crippen molar-refractivity contribution in [2.24, 2.45) is 11.8 Å². The molecule has 1 rings (SSSR count). The number of sulfone groups is 1. The molecule has 0 radical (unpaired) electrons. The molecule has 0 unspecified atom stereocenters. The molecular formula is C9H15NO3S. The van der Waals surface area contributed by atoms with Crippen LogP contribution in [0.2, 0.25) is 0 Å². The minimum absolute atomic E-state index is 0.0384. The molecule has 1 N–H and O–H groups in total. The maximum atomic E-state index is 11.6. The molecule has 5 heteroatoms. The van der Waals surface area contributed by atoms with Gasteiger partial charge >= 0.3 is 0 Å². The number of aliphatic hydroxyl groups is 1. The van der Waals surface area contributed by atoms with Gasteiger partial charge < -0.3 is 5.11 Å². The Hall–Kier alpha value is -0.600. The average molecular weight is 217 g/mol. The number of hydrogen-bond donors (Lipinski definition) is 1. The molecule has 14 heavy (non-hydrogen) atoms. The molecule has 0 amide bonds. The van der Waals surface area contributed by atoms with Crippen LogP contribution in [0.4, 0.5) is 0 Å². The molecule has 0 aliphatic heterocycles. The van der Waals surface area contributed by atoms with E-state index in [-0.39, 0.29) is 24.9 Å². The van der Waals surface area contributed by atoms with E-state index in [9.17, 15) is 8.42 Å². The second-order valence-corrected chi connectivity index (χ2v) is 6.44. The molecule has 0 aromatic rings. The van der Waals surface area contributed by atoms with Gasteiger partial charge in [0.05, 0.1) is 6.07 Å². The van der Waals surface area contributed by atoms with Gasteiger partial charge in [0, 0.05) is 12.9 Å². The number of hydrogen-bond acceptors (Lipinski definition) is 4. The van der Waals surface area contributed by atoms with Crippen LogP contribution in [0.5, 0.6) is 0 Å². The van der Waals surface area contributed by atoms with Crippen LogP contribution in [0.25, 0.3) is 0 Å². The lowest BCUT2D eigenvalue weighted by atomic mass is 9.99. The van der Waals surface area contributed by atoms with Crippen LogP contribution in [-0.4, -0.2) is 31.1 Å². The summed E-state index contributed by atoms with van der Waals surface area (Å²) in [5.41, 5.74) is 0. The van der Waals surface area contributed by atoms with E-state index in [2.05, 4.69) is 0 Å². The molecule has 0 spiro atoms. The van der Waals surface area contributed by atoms with Gasteiger partial charge in [-0.1, -0.05) is 6.92 Å². The molecule has 0 aromatic heterocycles. The van der Waals surface area contributed by atoms with Gasteiger partial charge in [-0.2, -0.15) is 5.26 Å². The van der Waals surface area contributed by atoms with Gasteiger partial charge in [-0.3, -0.25) is 0 Å². The topological polar surface area (TPSA) is 78.2 Å². The van der Waals surface area contributed by atoms with Crippen molar-refractivity contribution in [3.05, 3.63) is 0 Å². The summed E-state index contributed by atoms with van der Waals surface area (Å²) in [5, 5.41) is 18.0. The van der Waals surface area contributed by atoms with Crippen LogP contribution in [0.3, 0.4) is 0 Å². The lowest BCUT2D eigenvalue weighted by Gasteiger charge is -2.23. The Morgan fingerprint density at radius 1 is 1.64 bits per heavy atom. The predicted octanol–water partition coefficient (Wildman–Crippen LogP) is 0.332. The summed E-state index contributed by atoms with van der Waals surface area (Å²) < 4.78 is 21.8. The number of aliphatic hydroxyl groups excluding tert-OH is 1. The van der Waals surface area contributed by atoms with E-state index < -0.39 is 14.6 Å². The second kappa shape index (κ2) is 3.52. The highest BCUT2D eigenvalue weighted by molar-refractivity contribution is 7.92. The summed E-state index contributed by atoms with van der Waals surface area (Å²) in [6.45, 7) is 1.73. The Morgan fingerprint density at radius 2 is 2.21 bits per heavy atom. The summed E-state index contributed by atoms with van der Waals surface area (Å²) in [6.07, 6.45) is 1.98. The smallest absolute Gasteiger partial charge is 0.166 e. The van der Waals surface area contributed by atoms with Crippen molar-refractivity contribution in [2.45, 2.75) is 24.5 Å². The molecule has 4 nitrogen and oxygen atoms in total. The summed E-state index contributed by atoms with van der Waals surface area (Å²) >= 11 is 0. The van der Waals surface area contributed by atoms with Gasteiger partial charge in [0.15, 0.2) is 14.6 Å². The summed E-state index contributed by atoms with van der Waals surface area (Å²) in [6, 6.07) is 1.93. The monoisotopic (exact) mass is 217 g/mol. The van der Waals surface area contributed by atoms with Crippen molar-refractivity contribution in [2.75, 3.05) is 12.9 Å². The molecule has 0 bridgehead atoms. The molecule has 1 aliphatic carbocycles. The highest BCUT2D eigenvalue weighted by Crippen LogP contribution is 2.44. The molecule has 1 saturated carbocycles. The molecular weight excluding hydrogens is 202 g/mol. The van der Waals surface area contributed by atoms with Gasteiger partial charge in [-0.25, -0.2) is 8.42 Å². The van der Waals surface area contributed by atoms with Crippen LogP contribution >= 0.6 is 0 Å². The maximum absolute atomic E-state index is 11.6. The summed E-state index contributed by atoms with van der Waals surface area (Å²) in [5.74, 6) is -0.251. The first-order valence-corrected chi connectivity index (χ1v) is 6.48. The first-order chi connectivity index (χ1) is 6.37. The fraction of sp³-hybridized carbons (Fsp3) is 0.889. The van der Waals surface area contributed by atoms with E-state index in [0.717, 1.165) is 6.26 Å². The third kappa shape index (κ3) is 1.53. The Bertz CT molecular complexity index is 357. The molecule has 1 fully saturated rings. The maximum Gasteiger partial charge on any atom is 0.166 e. The molecule has 0 aromatic carbocycles. The van der Waals surface area contributed by atoms with Crippen molar-refractivity contribution in [1.29, 1.82) is 5.26 Å². The van der Waals surface area contributed by atoms with E-state index in [4.69, 9.17) is 10.4 Å². The Kier molecular flexibility index (Phi) is 2.88. The van der Waals surface area contributed by atoms with Crippen molar-refractivity contribution < 1.29 is 13.5 Å². The van der Waals surface area contributed by atoms with E-state index in [1.165, 1.54) is 0 Å². The van der Waals surface area contributed by atoms with Crippen LogP contribution in [-0.2, 0) is 9.84 Å². The molecule has 3 atom stereocenters. The van der Waals surface area contributed by atoms with Gasteiger partial charge in [0.25, 0.3) is 0 Å². The third-order valence-corrected chi connectivity index (χ3v) is 5.17. The van der Waals surface area contributed by atoms with Crippen LogP contribution in [0.15, 0.2) is 0 Å². The zero-order chi connectivity index (χ0) is 11.0. The molecule has 1 aliphatic rings. The normalized spacial score (nSPS) is 38.1. The standard InChI is InChI=1S/C9H15NO3S/c1-7-3-8(5-11)4-9(7,6-10)14(2,12)13/h7-8,11H,3-5H2,1-2H3/t7-,8+,9-/m1/s1. The van der Waals surface area contributed by atoms with Crippen molar-refractivity contribution in [1.82, 2.24) is 0 Å². The number of nitriles is 1. The first kappa shape index (κ1) is 11.5. The van der Waals surface area contributed by atoms with E-state index in [1.807, 2.05) is 6.07 Å². The largest absolute Gasteiger partial charge is 0.396 e. The van der Waals surface area contributed by atoms with Gasteiger partial charge in [-0.05, 0) is 24.7 Å².